The van der Waals surface area contributed by atoms with Crippen LogP contribution in [0.15, 0.2) is 24.3 Å². The highest BCUT2D eigenvalue weighted by molar-refractivity contribution is 5.78. The lowest BCUT2D eigenvalue weighted by molar-refractivity contribution is -0.132. The Hall–Kier alpha value is -1.62. The highest BCUT2D eigenvalue weighted by Crippen LogP contribution is 2.17. The molecule has 1 heterocycles. The van der Waals surface area contributed by atoms with Crippen LogP contribution >= 0.6 is 0 Å². The Labute approximate surface area is 126 Å². The Morgan fingerprint density at radius 2 is 1.67 bits per heavy atom. The molecule has 2 rings (SSSR count). The lowest BCUT2D eigenvalue weighted by atomic mass is 10.2. The highest BCUT2D eigenvalue weighted by Gasteiger charge is 2.22. The SMILES string of the molecule is CCN(CC)CC(=O)N1CCN(c2ccc(F)cc2)CC1. The van der Waals surface area contributed by atoms with Gasteiger partial charge in [0.2, 0.25) is 5.91 Å². The number of amides is 1. The number of carbonyl (C=O) groups is 1. The van der Waals surface area contributed by atoms with E-state index in [0.717, 1.165) is 45.0 Å². The fourth-order valence-electron chi connectivity index (χ4n) is 2.60. The Morgan fingerprint density at radius 3 is 2.19 bits per heavy atom. The van der Waals surface area contributed by atoms with Gasteiger partial charge >= 0.3 is 0 Å². The van der Waals surface area contributed by atoms with E-state index in [0.29, 0.717) is 6.54 Å². The number of hydrogen-bond donors (Lipinski definition) is 0. The number of anilines is 1. The van der Waals surface area contributed by atoms with Crippen LogP contribution in [0.4, 0.5) is 10.1 Å². The topological polar surface area (TPSA) is 26.8 Å². The molecule has 0 aliphatic carbocycles. The zero-order chi connectivity index (χ0) is 15.2. The first-order chi connectivity index (χ1) is 10.1. The van der Waals surface area contributed by atoms with E-state index < -0.39 is 0 Å². The summed E-state index contributed by atoms with van der Waals surface area (Å²) in [6.07, 6.45) is 0. The molecule has 21 heavy (non-hydrogen) atoms. The minimum absolute atomic E-state index is 0.206. The van der Waals surface area contributed by atoms with E-state index in [-0.39, 0.29) is 11.7 Å². The number of nitrogens with zero attached hydrogens (tertiary/aromatic N) is 3. The van der Waals surface area contributed by atoms with Gasteiger partial charge in [-0.05, 0) is 37.4 Å². The van der Waals surface area contributed by atoms with E-state index in [2.05, 4.69) is 23.6 Å². The zero-order valence-electron chi connectivity index (χ0n) is 12.9. The van der Waals surface area contributed by atoms with E-state index in [9.17, 15) is 9.18 Å². The van der Waals surface area contributed by atoms with Crippen LogP contribution in [-0.4, -0.2) is 61.5 Å². The van der Waals surface area contributed by atoms with Crippen molar-refractivity contribution in [2.24, 2.45) is 0 Å². The Kier molecular flexibility index (Phi) is 5.56. The van der Waals surface area contributed by atoms with Crippen LogP contribution in [-0.2, 0) is 4.79 Å². The van der Waals surface area contributed by atoms with Crippen molar-refractivity contribution in [3.8, 4) is 0 Å². The normalized spacial score (nSPS) is 15.6. The molecule has 0 unspecified atom stereocenters. The molecule has 5 heteroatoms. The molecule has 0 radical (unpaired) electrons. The van der Waals surface area contributed by atoms with Crippen molar-refractivity contribution in [3.05, 3.63) is 30.1 Å². The van der Waals surface area contributed by atoms with Crippen LogP contribution in [0, 0.1) is 5.82 Å². The first kappa shape index (κ1) is 15.8. The van der Waals surface area contributed by atoms with Gasteiger partial charge in [-0.15, -0.1) is 0 Å². The quantitative estimate of drug-likeness (QED) is 0.828. The molecule has 4 nitrogen and oxygen atoms in total. The van der Waals surface area contributed by atoms with Crippen molar-refractivity contribution in [3.63, 3.8) is 0 Å². The molecular weight excluding hydrogens is 269 g/mol. The molecule has 1 aliphatic heterocycles. The van der Waals surface area contributed by atoms with Crippen LogP contribution in [0.3, 0.4) is 0 Å². The van der Waals surface area contributed by atoms with Crippen LogP contribution in [0.25, 0.3) is 0 Å². The van der Waals surface area contributed by atoms with E-state index in [1.54, 1.807) is 12.1 Å². The standard InChI is InChI=1S/C16H24FN3O/c1-3-18(4-2)13-16(21)20-11-9-19(10-12-20)15-7-5-14(17)6-8-15/h5-8H,3-4,9-13H2,1-2H3. The summed E-state index contributed by atoms with van der Waals surface area (Å²) in [6.45, 7) is 9.52. The molecule has 0 saturated carbocycles. The minimum Gasteiger partial charge on any atom is -0.368 e. The van der Waals surface area contributed by atoms with E-state index >= 15 is 0 Å². The first-order valence-corrected chi connectivity index (χ1v) is 7.64. The number of carbonyl (C=O) groups excluding carboxylic acids is 1. The minimum atomic E-state index is -0.216. The number of piperazine rings is 1. The molecule has 0 N–H and O–H groups in total. The molecule has 1 saturated heterocycles. The van der Waals surface area contributed by atoms with Gasteiger partial charge in [-0.2, -0.15) is 0 Å². The van der Waals surface area contributed by atoms with Gasteiger partial charge in [0, 0.05) is 31.9 Å². The Morgan fingerprint density at radius 1 is 1.10 bits per heavy atom. The number of halogens is 1. The maximum atomic E-state index is 12.9. The summed E-state index contributed by atoms with van der Waals surface area (Å²) in [5, 5.41) is 0. The van der Waals surface area contributed by atoms with Crippen molar-refractivity contribution in [2.75, 3.05) is 50.7 Å². The summed E-state index contributed by atoms with van der Waals surface area (Å²) in [7, 11) is 0. The second kappa shape index (κ2) is 7.41. The fourth-order valence-corrected chi connectivity index (χ4v) is 2.60. The van der Waals surface area contributed by atoms with E-state index in [1.807, 2.05) is 4.90 Å². The predicted octanol–water partition coefficient (Wildman–Crippen LogP) is 1.82. The molecule has 0 bridgehead atoms. The van der Waals surface area contributed by atoms with Crippen LogP contribution in [0.5, 0.6) is 0 Å². The summed E-state index contributed by atoms with van der Waals surface area (Å²) in [5.41, 5.74) is 1.02. The first-order valence-electron chi connectivity index (χ1n) is 7.64. The maximum absolute atomic E-state index is 12.9. The molecule has 0 aromatic heterocycles. The third kappa shape index (κ3) is 4.17. The predicted molar refractivity (Wildman–Crippen MR) is 83.0 cm³/mol. The summed E-state index contributed by atoms with van der Waals surface area (Å²) < 4.78 is 12.9. The van der Waals surface area contributed by atoms with Gasteiger partial charge in [0.15, 0.2) is 0 Å². The van der Waals surface area contributed by atoms with Gasteiger partial charge in [-0.3, -0.25) is 9.69 Å². The maximum Gasteiger partial charge on any atom is 0.236 e. The zero-order valence-corrected chi connectivity index (χ0v) is 12.9. The molecule has 1 fully saturated rings. The number of likely N-dealkylation sites (N-methyl/N-ethyl adjacent to an activating group) is 1. The van der Waals surface area contributed by atoms with Gasteiger partial charge in [-0.25, -0.2) is 4.39 Å². The molecule has 1 aliphatic rings. The second-order valence-corrected chi connectivity index (χ2v) is 5.31. The summed E-state index contributed by atoms with van der Waals surface area (Å²) in [5.74, 6) is -0.00996. The lowest BCUT2D eigenvalue weighted by Gasteiger charge is -2.37. The van der Waals surface area contributed by atoms with Gasteiger partial charge in [0.25, 0.3) is 0 Å². The second-order valence-electron chi connectivity index (χ2n) is 5.31. The molecule has 0 atom stereocenters. The fraction of sp³-hybridized carbons (Fsp3) is 0.562. The number of rotatable bonds is 5. The van der Waals surface area contributed by atoms with Crippen molar-refractivity contribution in [1.82, 2.24) is 9.80 Å². The van der Waals surface area contributed by atoms with Crippen LogP contribution in [0.2, 0.25) is 0 Å². The molecule has 116 valence electrons. The van der Waals surface area contributed by atoms with Crippen LogP contribution < -0.4 is 4.90 Å². The molecular formula is C16H24FN3O. The van der Waals surface area contributed by atoms with E-state index in [1.165, 1.54) is 12.1 Å². The summed E-state index contributed by atoms with van der Waals surface area (Å²) >= 11 is 0. The highest BCUT2D eigenvalue weighted by atomic mass is 19.1. The average Bonchev–Trinajstić information content (AvgIpc) is 2.53. The summed E-state index contributed by atoms with van der Waals surface area (Å²) in [6, 6.07) is 6.55. The van der Waals surface area contributed by atoms with Crippen molar-refractivity contribution in [2.45, 2.75) is 13.8 Å². The van der Waals surface area contributed by atoms with Gasteiger partial charge < -0.3 is 9.80 Å². The van der Waals surface area contributed by atoms with Crippen molar-refractivity contribution >= 4 is 11.6 Å². The number of hydrogen-bond acceptors (Lipinski definition) is 3. The Bertz CT molecular complexity index is 451. The lowest BCUT2D eigenvalue weighted by Crippen LogP contribution is -2.51. The smallest absolute Gasteiger partial charge is 0.236 e. The molecule has 1 amide bonds. The Balaban J connectivity index is 1.85. The third-order valence-corrected chi connectivity index (χ3v) is 4.08. The monoisotopic (exact) mass is 293 g/mol. The van der Waals surface area contributed by atoms with Crippen molar-refractivity contribution in [1.29, 1.82) is 0 Å². The summed E-state index contributed by atoms with van der Waals surface area (Å²) in [4.78, 5) is 18.5. The molecule has 0 spiro atoms. The molecule has 1 aromatic rings. The van der Waals surface area contributed by atoms with Gasteiger partial charge in [-0.1, -0.05) is 13.8 Å². The van der Waals surface area contributed by atoms with Gasteiger partial charge in [0.1, 0.15) is 5.82 Å². The molecule has 1 aromatic carbocycles. The average molecular weight is 293 g/mol. The third-order valence-electron chi connectivity index (χ3n) is 4.08. The van der Waals surface area contributed by atoms with Crippen molar-refractivity contribution < 1.29 is 9.18 Å². The number of benzene rings is 1. The largest absolute Gasteiger partial charge is 0.368 e. The van der Waals surface area contributed by atoms with E-state index in [4.69, 9.17) is 0 Å². The van der Waals surface area contributed by atoms with Gasteiger partial charge in [0.05, 0.1) is 6.54 Å². The van der Waals surface area contributed by atoms with Crippen LogP contribution in [0.1, 0.15) is 13.8 Å².